The van der Waals surface area contributed by atoms with E-state index < -0.39 is 0 Å². The van der Waals surface area contributed by atoms with Crippen LogP contribution in [0.25, 0.3) is 0 Å². The number of hydrogen-bond acceptors (Lipinski definition) is 1. The van der Waals surface area contributed by atoms with Gasteiger partial charge in [-0.25, -0.2) is 0 Å². The fourth-order valence-electron chi connectivity index (χ4n) is 0. The molecule has 4 heteroatoms. The van der Waals surface area contributed by atoms with Crippen molar-refractivity contribution < 1.29 is 57.1 Å². The number of hydrogen-bond donors (Lipinski definition) is 1. The summed E-state index contributed by atoms with van der Waals surface area (Å²) in [6.45, 7) is 0. The molecular formula is HClOZr2. The molecule has 0 saturated heterocycles. The van der Waals surface area contributed by atoms with E-state index >= 15 is 0 Å². The first-order chi connectivity index (χ1) is 1.00. The zero-order valence-electron chi connectivity index (χ0n) is 1.83. The van der Waals surface area contributed by atoms with Crippen LogP contribution in [0.3, 0.4) is 0 Å². The molecule has 0 amide bonds. The minimum absolute atomic E-state index is 0. The Morgan fingerprint density at radius 2 is 1.00 bits per heavy atom. The van der Waals surface area contributed by atoms with Crippen molar-refractivity contribution in [2.24, 2.45) is 0 Å². The summed E-state index contributed by atoms with van der Waals surface area (Å²) in [5.41, 5.74) is 0. The molecule has 0 atom stereocenters. The van der Waals surface area contributed by atoms with Crippen LogP contribution in [-0.2, 0) is 52.4 Å². The normalized spacial score (nSPS) is 1.50. The molecule has 4 heavy (non-hydrogen) atoms. The SMILES string of the molecule is OCl.[Zr].[Zr]. The van der Waals surface area contributed by atoms with Crippen molar-refractivity contribution >= 4 is 11.9 Å². The summed E-state index contributed by atoms with van der Waals surface area (Å²) >= 11 is 3.64. The maximum Gasteiger partial charge on any atom is 0.0579 e. The first-order valence-electron chi connectivity index (χ1n) is 0.169. The molecule has 0 aromatic rings. The second-order valence-electron chi connectivity index (χ2n) is 0. The third kappa shape index (κ3) is 8.99. The quantitative estimate of drug-likeness (QED) is 0.632. The third-order valence-corrected chi connectivity index (χ3v) is 0. The smallest absolute Gasteiger partial charge is 0.0579 e. The molecule has 0 fully saturated rings. The van der Waals surface area contributed by atoms with E-state index in [0.29, 0.717) is 0 Å². The molecule has 0 rings (SSSR count). The minimum Gasteiger partial charge on any atom is -0.295 e. The molecule has 0 radical (unpaired) electrons. The van der Waals surface area contributed by atoms with E-state index in [2.05, 4.69) is 11.9 Å². The van der Waals surface area contributed by atoms with Crippen LogP contribution in [0.1, 0.15) is 0 Å². The van der Waals surface area contributed by atoms with E-state index in [4.69, 9.17) is 4.66 Å². The number of rotatable bonds is 0. The fraction of sp³-hybridized carbons (Fsp3) is 0. The molecule has 0 aromatic heterocycles. The Bertz CT molecular complexity index is 6.00. The topological polar surface area (TPSA) is 20.2 Å². The molecule has 22 valence electrons. The van der Waals surface area contributed by atoms with Crippen LogP contribution in [0.15, 0.2) is 0 Å². The summed E-state index contributed by atoms with van der Waals surface area (Å²) in [6.07, 6.45) is 0. The maximum atomic E-state index is 6.47. The van der Waals surface area contributed by atoms with Crippen molar-refractivity contribution in [3.63, 3.8) is 0 Å². The van der Waals surface area contributed by atoms with Gasteiger partial charge in [0.1, 0.15) is 0 Å². The molecule has 0 aliphatic rings. The van der Waals surface area contributed by atoms with Gasteiger partial charge in [-0.3, -0.25) is 4.66 Å². The molecule has 0 aliphatic carbocycles. The van der Waals surface area contributed by atoms with E-state index in [9.17, 15) is 0 Å². The van der Waals surface area contributed by atoms with Crippen molar-refractivity contribution in [2.45, 2.75) is 0 Å². The molecule has 0 bridgehead atoms. The van der Waals surface area contributed by atoms with E-state index in [1.807, 2.05) is 0 Å². The monoisotopic (exact) mass is 232 g/mol. The fourth-order valence-corrected chi connectivity index (χ4v) is 0. The predicted octanol–water partition coefficient (Wildman–Crippen LogP) is 0.128. The number of halogens is 1. The Balaban J connectivity index is -0.00000000500. The van der Waals surface area contributed by atoms with Gasteiger partial charge < -0.3 is 0 Å². The van der Waals surface area contributed by atoms with E-state index in [-0.39, 0.29) is 52.4 Å². The summed E-state index contributed by atoms with van der Waals surface area (Å²) in [4.78, 5) is 0. The zero-order valence-corrected chi connectivity index (χ0v) is 7.50. The molecule has 0 spiro atoms. The molecule has 1 nitrogen and oxygen atoms in total. The molecular weight excluding hydrogens is 234 g/mol. The Labute approximate surface area is 68.1 Å². The molecule has 0 saturated carbocycles. The first-order valence-corrected chi connectivity index (χ1v) is 0.507. The molecule has 0 heterocycles. The van der Waals surface area contributed by atoms with Gasteiger partial charge in [0.05, 0.1) is 11.9 Å². The Morgan fingerprint density at radius 3 is 1.00 bits per heavy atom. The summed E-state index contributed by atoms with van der Waals surface area (Å²) in [7, 11) is 0. The van der Waals surface area contributed by atoms with Crippen molar-refractivity contribution in [1.29, 1.82) is 0 Å². The van der Waals surface area contributed by atoms with Gasteiger partial charge in [-0.05, 0) is 0 Å². The van der Waals surface area contributed by atoms with Gasteiger partial charge in [0.25, 0.3) is 0 Å². The minimum atomic E-state index is 0. The van der Waals surface area contributed by atoms with Crippen molar-refractivity contribution in [3.8, 4) is 0 Å². The summed E-state index contributed by atoms with van der Waals surface area (Å²) in [6, 6.07) is 0. The largest absolute Gasteiger partial charge is 0.295 e. The van der Waals surface area contributed by atoms with Crippen molar-refractivity contribution in [3.05, 3.63) is 0 Å². The average Bonchev–Trinajstić information content (AvgIpc) is 1.00. The van der Waals surface area contributed by atoms with Gasteiger partial charge in [0.15, 0.2) is 0 Å². The van der Waals surface area contributed by atoms with Crippen LogP contribution in [-0.4, -0.2) is 4.66 Å². The second kappa shape index (κ2) is 19.9. The summed E-state index contributed by atoms with van der Waals surface area (Å²) < 4.78 is 6.47. The van der Waals surface area contributed by atoms with Crippen LogP contribution < -0.4 is 0 Å². The Kier molecular flexibility index (Phi) is 82.8. The van der Waals surface area contributed by atoms with Crippen LogP contribution in [0.5, 0.6) is 0 Å². The molecule has 0 aliphatic heterocycles. The molecule has 0 aromatic carbocycles. The van der Waals surface area contributed by atoms with Gasteiger partial charge in [0.2, 0.25) is 0 Å². The average molecular weight is 235 g/mol. The van der Waals surface area contributed by atoms with Gasteiger partial charge in [-0.15, -0.1) is 0 Å². The Hall–Kier alpha value is 2.02. The second-order valence-corrected chi connectivity index (χ2v) is 0. The standard InChI is InChI=1S/ClHO.2Zr/c1-2;;/h2H;;. The van der Waals surface area contributed by atoms with Gasteiger partial charge >= 0.3 is 0 Å². The zero-order chi connectivity index (χ0) is 2.00. The first kappa shape index (κ1) is 16.6. The van der Waals surface area contributed by atoms with Crippen LogP contribution in [0.2, 0.25) is 0 Å². The third-order valence-electron chi connectivity index (χ3n) is 0. The van der Waals surface area contributed by atoms with E-state index in [1.165, 1.54) is 0 Å². The van der Waals surface area contributed by atoms with Gasteiger partial charge in [-0.1, -0.05) is 0 Å². The molecule has 0 unspecified atom stereocenters. The molecule has 1 N–H and O–H groups in total. The summed E-state index contributed by atoms with van der Waals surface area (Å²) in [5, 5.41) is 0. The van der Waals surface area contributed by atoms with E-state index in [1.54, 1.807) is 0 Å². The predicted molar refractivity (Wildman–Crippen MR) is 8.07 cm³/mol. The van der Waals surface area contributed by atoms with Crippen molar-refractivity contribution in [1.82, 2.24) is 0 Å². The maximum absolute atomic E-state index is 6.47. The van der Waals surface area contributed by atoms with Crippen LogP contribution in [0, 0.1) is 0 Å². The summed E-state index contributed by atoms with van der Waals surface area (Å²) in [5.74, 6) is 0. The van der Waals surface area contributed by atoms with Crippen LogP contribution >= 0.6 is 11.9 Å². The van der Waals surface area contributed by atoms with Gasteiger partial charge in [0, 0.05) is 52.4 Å². The van der Waals surface area contributed by atoms with Crippen LogP contribution in [0.4, 0.5) is 0 Å². The van der Waals surface area contributed by atoms with E-state index in [0.717, 1.165) is 0 Å². The Morgan fingerprint density at radius 1 is 1.00 bits per heavy atom. The van der Waals surface area contributed by atoms with Gasteiger partial charge in [-0.2, -0.15) is 0 Å². The van der Waals surface area contributed by atoms with Crippen molar-refractivity contribution in [2.75, 3.05) is 0 Å².